The van der Waals surface area contributed by atoms with Crippen molar-refractivity contribution in [2.24, 2.45) is 0 Å². The minimum Gasteiger partial charge on any atom is -0.494 e. The molecule has 1 N–H and O–H groups in total. The Morgan fingerprint density at radius 3 is 2.53 bits per heavy atom. The number of alkyl halides is 1. The molecule has 162 valence electrons. The largest absolute Gasteiger partial charge is 0.494 e. The first kappa shape index (κ1) is 21.2. The summed E-state index contributed by atoms with van der Waals surface area (Å²) in [6.07, 6.45) is 8.93. The van der Waals surface area contributed by atoms with Crippen LogP contribution < -0.4 is 15.0 Å². The predicted octanol–water partition coefficient (Wildman–Crippen LogP) is 4.68. The Hall–Kier alpha value is -2.05. The maximum absolute atomic E-state index is 6.21. The van der Waals surface area contributed by atoms with Crippen LogP contribution in [-0.4, -0.2) is 59.6 Å². The predicted molar refractivity (Wildman–Crippen MR) is 123 cm³/mol. The normalized spacial score (nSPS) is 18.4. The van der Waals surface area contributed by atoms with Crippen molar-refractivity contribution in [2.45, 2.75) is 43.9 Å². The number of hydrogen-bond acceptors (Lipinski definition) is 6. The third kappa shape index (κ3) is 6.22. The van der Waals surface area contributed by atoms with Gasteiger partial charge in [0, 0.05) is 36.9 Å². The molecule has 30 heavy (non-hydrogen) atoms. The van der Waals surface area contributed by atoms with Gasteiger partial charge in [0.25, 0.3) is 0 Å². The molecule has 1 aromatic heterocycles. The van der Waals surface area contributed by atoms with E-state index in [1.165, 1.54) is 32.4 Å². The molecule has 0 saturated carbocycles. The van der Waals surface area contributed by atoms with Gasteiger partial charge in [-0.05, 0) is 75.5 Å². The highest BCUT2D eigenvalue weighted by Crippen LogP contribution is 2.23. The van der Waals surface area contributed by atoms with Gasteiger partial charge in [0.15, 0.2) is 0 Å². The van der Waals surface area contributed by atoms with E-state index in [0.717, 1.165) is 62.8 Å². The monoisotopic (exact) mass is 429 g/mol. The first-order valence-corrected chi connectivity index (χ1v) is 11.6. The molecule has 4 rings (SSSR count). The number of benzene rings is 1. The van der Waals surface area contributed by atoms with Crippen LogP contribution >= 0.6 is 11.6 Å². The van der Waals surface area contributed by atoms with Crippen molar-refractivity contribution in [3.05, 3.63) is 36.5 Å². The van der Waals surface area contributed by atoms with E-state index in [-0.39, 0.29) is 5.38 Å². The number of ether oxygens (including phenoxy) is 1. The Morgan fingerprint density at radius 1 is 1.00 bits per heavy atom. The zero-order chi connectivity index (χ0) is 20.6. The molecule has 0 atom stereocenters. The van der Waals surface area contributed by atoms with Gasteiger partial charge in [-0.2, -0.15) is 4.98 Å². The second-order valence-corrected chi connectivity index (χ2v) is 8.77. The SMILES string of the molecule is ClC1CCN(c2ccnc(Nc3ccc(OCCCN4CCCCC4)cc3)n2)CC1. The van der Waals surface area contributed by atoms with E-state index in [1.807, 2.05) is 30.3 Å². The first-order chi connectivity index (χ1) is 14.8. The fourth-order valence-electron chi connectivity index (χ4n) is 4.09. The van der Waals surface area contributed by atoms with Crippen molar-refractivity contribution in [3.63, 3.8) is 0 Å². The number of nitrogens with zero attached hydrogens (tertiary/aromatic N) is 4. The number of piperidine rings is 2. The quantitative estimate of drug-likeness (QED) is 0.485. The zero-order valence-corrected chi connectivity index (χ0v) is 18.4. The second kappa shape index (κ2) is 10.8. The standard InChI is InChI=1S/C23H32ClN5O/c24-19-10-16-29(17-11-19)22-9-12-25-23(27-22)26-20-5-7-21(8-6-20)30-18-4-15-28-13-2-1-3-14-28/h5-9,12,19H,1-4,10-11,13-18H2,(H,25,26,27). The minimum absolute atomic E-state index is 0.284. The molecular formula is C23H32ClN5O. The number of rotatable bonds is 8. The Kier molecular flexibility index (Phi) is 7.65. The zero-order valence-electron chi connectivity index (χ0n) is 17.6. The van der Waals surface area contributed by atoms with Gasteiger partial charge in [0.1, 0.15) is 11.6 Å². The Bertz CT molecular complexity index is 773. The van der Waals surface area contributed by atoms with E-state index in [4.69, 9.17) is 16.3 Å². The number of hydrogen-bond donors (Lipinski definition) is 1. The summed E-state index contributed by atoms with van der Waals surface area (Å²) in [5, 5.41) is 3.58. The summed E-state index contributed by atoms with van der Waals surface area (Å²) in [5.41, 5.74) is 0.951. The molecule has 0 amide bonds. The van der Waals surface area contributed by atoms with Crippen LogP contribution in [0.2, 0.25) is 0 Å². The van der Waals surface area contributed by atoms with Crippen molar-refractivity contribution in [1.82, 2.24) is 14.9 Å². The number of likely N-dealkylation sites (tertiary alicyclic amines) is 1. The van der Waals surface area contributed by atoms with Crippen molar-refractivity contribution in [1.29, 1.82) is 0 Å². The fourth-order valence-corrected chi connectivity index (χ4v) is 4.28. The van der Waals surface area contributed by atoms with E-state index >= 15 is 0 Å². The third-order valence-electron chi connectivity index (χ3n) is 5.84. The Balaban J connectivity index is 1.24. The molecule has 2 fully saturated rings. The summed E-state index contributed by atoms with van der Waals surface area (Å²) >= 11 is 6.21. The summed E-state index contributed by atoms with van der Waals surface area (Å²) < 4.78 is 5.91. The molecule has 0 radical (unpaired) electrons. The van der Waals surface area contributed by atoms with Crippen LogP contribution in [0, 0.1) is 0 Å². The molecule has 0 bridgehead atoms. The summed E-state index contributed by atoms with van der Waals surface area (Å²) in [6, 6.07) is 9.97. The van der Waals surface area contributed by atoms with Gasteiger partial charge in [0.2, 0.25) is 5.95 Å². The highest BCUT2D eigenvalue weighted by Gasteiger charge is 2.18. The molecule has 2 aromatic rings. The van der Waals surface area contributed by atoms with Gasteiger partial charge in [-0.1, -0.05) is 6.42 Å². The third-order valence-corrected chi connectivity index (χ3v) is 6.27. The summed E-state index contributed by atoms with van der Waals surface area (Å²) in [6.45, 7) is 6.26. The highest BCUT2D eigenvalue weighted by molar-refractivity contribution is 6.20. The lowest BCUT2D eigenvalue weighted by Gasteiger charge is -2.30. The molecular weight excluding hydrogens is 398 g/mol. The maximum Gasteiger partial charge on any atom is 0.229 e. The van der Waals surface area contributed by atoms with Crippen LogP contribution in [0.4, 0.5) is 17.5 Å². The highest BCUT2D eigenvalue weighted by atomic mass is 35.5. The smallest absolute Gasteiger partial charge is 0.229 e. The lowest BCUT2D eigenvalue weighted by Crippen LogP contribution is -2.34. The molecule has 0 aliphatic carbocycles. The van der Waals surface area contributed by atoms with Crippen LogP contribution in [0.15, 0.2) is 36.5 Å². The van der Waals surface area contributed by atoms with Crippen molar-refractivity contribution >= 4 is 29.1 Å². The topological polar surface area (TPSA) is 53.5 Å². The van der Waals surface area contributed by atoms with Crippen molar-refractivity contribution in [2.75, 3.05) is 49.5 Å². The van der Waals surface area contributed by atoms with Crippen LogP contribution in [-0.2, 0) is 0 Å². The molecule has 1 aromatic carbocycles. The van der Waals surface area contributed by atoms with Crippen LogP contribution in [0.1, 0.15) is 38.5 Å². The van der Waals surface area contributed by atoms with E-state index in [2.05, 4.69) is 25.1 Å². The van der Waals surface area contributed by atoms with Gasteiger partial charge in [-0.3, -0.25) is 0 Å². The number of anilines is 3. The van der Waals surface area contributed by atoms with E-state index in [1.54, 1.807) is 6.20 Å². The Morgan fingerprint density at radius 2 is 1.77 bits per heavy atom. The minimum atomic E-state index is 0.284. The maximum atomic E-state index is 6.21. The average Bonchev–Trinajstić information content (AvgIpc) is 2.79. The Labute approximate surface area is 184 Å². The molecule has 7 heteroatoms. The van der Waals surface area contributed by atoms with Crippen molar-refractivity contribution in [3.8, 4) is 5.75 Å². The fraction of sp³-hybridized carbons (Fsp3) is 0.565. The molecule has 2 aliphatic rings. The molecule has 2 aliphatic heterocycles. The van der Waals surface area contributed by atoms with Crippen molar-refractivity contribution < 1.29 is 4.74 Å². The number of halogens is 1. The van der Waals surface area contributed by atoms with E-state index in [0.29, 0.717) is 5.95 Å². The lowest BCUT2D eigenvalue weighted by molar-refractivity contribution is 0.205. The second-order valence-electron chi connectivity index (χ2n) is 8.15. The van der Waals surface area contributed by atoms with Gasteiger partial charge in [-0.15, -0.1) is 11.6 Å². The molecule has 2 saturated heterocycles. The van der Waals surface area contributed by atoms with Gasteiger partial charge in [0.05, 0.1) is 6.61 Å². The average molecular weight is 430 g/mol. The van der Waals surface area contributed by atoms with Gasteiger partial charge >= 0.3 is 0 Å². The van der Waals surface area contributed by atoms with E-state index in [9.17, 15) is 0 Å². The van der Waals surface area contributed by atoms with Gasteiger partial charge < -0.3 is 19.9 Å². The molecule has 3 heterocycles. The van der Waals surface area contributed by atoms with Crippen LogP contribution in [0.25, 0.3) is 0 Å². The first-order valence-electron chi connectivity index (χ1n) is 11.2. The van der Waals surface area contributed by atoms with Crippen LogP contribution in [0.3, 0.4) is 0 Å². The van der Waals surface area contributed by atoms with Gasteiger partial charge in [-0.25, -0.2) is 4.98 Å². The molecule has 0 unspecified atom stereocenters. The number of aromatic nitrogens is 2. The molecule has 6 nitrogen and oxygen atoms in total. The summed E-state index contributed by atoms with van der Waals surface area (Å²) in [5.74, 6) is 2.46. The van der Waals surface area contributed by atoms with E-state index < -0.39 is 0 Å². The summed E-state index contributed by atoms with van der Waals surface area (Å²) in [4.78, 5) is 13.8. The lowest BCUT2D eigenvalue weighted by atomic mass is 10.1. The molecule has 0 spiro atoms. The summed E-state index contributed by atoms with van der Waals surface area (Å²) in [7, 11) is 0. The number of nitrogens with one attached hydrogen (secondary N) is 1. The van der Waals surface area contributed by atoms with Crippen LogP contribution in [0.5, 0.6) is 5.75 Å².